The van der Waals surface area contributed by atoms with Crippen LogP contribution in [0, 0.1) is 0 Å². The molecule has 1 aromatic carbocycles. The third-order valence-corrected chi connectivity index (χ3v) is 6.62. The van der Waals surface area contributed by atoms with Gasteiger partial charge in [0.2, 0.25) is 5.91 Å². The van der Waals surface area contributed by atoms with Crippen LogP contribution in [0.5, 0.6) is 0 Å². The number of fused-ring (bicyclic) bond motifs is 1. The Kier molecular flexibility index (Phi) is 6.81. The highest BCUT2D eigenvalue weighted by atomic mass is 16.5. The van der Waals surface area contributed by atoms with Gasteiger partial charge < -0.3 is 19.3 Å². The summed E-state index contributed by atoms with van der Waals surface area (Å²) in [4.78, 5) is 37.4. The average Bonchev–Trinajstić information content (AvgIpc) is 3.37. The number of methoxy groups -OCH3 is 1. The largest absolute Gasteiger partial charge is 0.453 e. The smallest absolute Gasteiger partial charge is 0.411 e. The zero-order valence-corrected chi connectivity index (χ0v) is 20.2. The van der Waals surface area contributed by atoms with E-state index in [9.17, 15) is 9.59 Å². The van der Waals surface area contributed by atoms with E-state index in [4.69, 9.17) is 19.8 Å². The number of morpholine rings is 1. The van der Waals surface area contributed by atoms with Gasteiger partial charge in [0.05, 0.1) is 37.9 Å². The Hall–Kier alpha value is -3.99. The van der Waals surface area contributed by atoms with Gasteiger partial charge in [-0.2, -0.15) is 5.10 Å². The van der Waals surface area contributed by atoms with Gasteiger partial charge in [-0.05, 0) is 43.2 Å². The van der Waals surface area contributed by atoms with Crippen molar-refractivity contribution >= 4 is 34.5 Å². The highest BCUT2D eigenvalue weighted by Crippen LogP contribution is 2.32. The van der Waals surface area contributed by atoms with Gasteiger partial charge in [-0.1, -0.05) is 6.58 Å². The molecule has 0 saturated carbocycles. The van der Waals surface area contributed by atoms with Crippen molar-refractivity contribution in [1.29, 1.82) is 0 Å². The highest BCUT2D eigenvalue weighted by molar-refractivity contribution is 5.89. The fourth-order valence-electron chi connectivity index (χ4n) is 4.65. The standard InChI is InChI=1S/C25H29N7O4/c1-3-21(33)30-10-8-19(9-11-30)32-24-20(16-26-32)23(31-12-14-36-15-13-31)28-22(29-24)17-4-6-18(7-5-17)27-25(34)35-2/h3-7,16,19H,1,8-15H2,2H3,(H,27,34). The highest BCUT2D eigenvalue weighted by Gasteiger charge is 2.27. The number of ether oxygens (including phenoxy) is 2. The monoisotopic (exact) mass is 491 g/mol. The second kappa shape index (κ2) is 10.3. The number of piperidine rings is 1. The van der Waals surface area contributed by atoms with E-state index in [-0.39, 0.29) is 11.9 Å². The van der Waals surface area contributed by atoms with Crippen molar-refractivity contribution in [2.24, 2.45) is 0 Å². The first-order chi connectivity index (χ1) is 17.6. The lowest BCUT2D eigenvalue weighted by Crippen LogP contribution is -2.38. The van der Waals surface area contributed by atoms with Crippen LogP contribution in [-0.2, 0) is 14.3 Å². The number of anilines is 2. The predicted molar refractivity (Wildman–Crippen MR) is 135 cm³/mol. The van der Waals surface area contributed by atoms with Gasteiger partial charge in [0.25, 0.3) is 0 Å². The van der Waals surface area contributed by atoms with Crippen LogP contribution in [0.2, 0.25) is 0 Å². The fourth-order valence-corrected chi connectivity index (χ4v) is 4.65. The molecule has 2 amide bonds. The van der Waals surface area contributed by atoms with E-state index in [1.54, 1.807) is 12.1 Å². The van der Waals surface area contributed by atoms with E-state index >= 15 is 0 Å². The van der Waals surface area contributed by atoms with Crippen molar-refractivity contribution in [2.45, 2.75) is 18.9 Å². The molecule has 3 aromatic rings. The van der Waals surface area contributed by atoms with Gasteiger partial charge in [-0.15, -0.1) is 0 Å². The molecule has 0 atom stereocenters. The lowest BCUT2D eigenvalue weighted by atomic mass is 10.1. The Bertz CT molecular complexity index is 1260. The second-order valence-corrected chi connectivity index (χ2v) is 8.75. The summed E-state index contributed by atoms with van der Waals surface area (Å²) in [6.07, 6.45) is 4.25. The summed E-state index contributed by atoms with van der Waals surface area (Å²) >= 11 is 0. The van der Waals surface area contributed by atoms with Crippen LogP contribution < -0.4 is 10.2 Å². The van der Waals surface area contributed by atoms with Crippen LogP contribution in [0.3, 0.4) is 0 Å². The number of benzene rings is 1. The molecule has 0 aliphatic carbocycles. The lowest BCUT2D eigenvalue weighted by molar-refractivity contribution is -0.127. The molecule has 0 radical (unpaired) electrons. The summed E-state index contributed by atoms with van der Waals surface area (Å²) in [5.74, 6) is 1.37. The van der Waals surface area contributed by atoms with Gasteiger partial charge in [0.1, 0.15) is 5.82 Å². The molecule has 2 aromatic heterocycles. The molecule has 11 nitrogen and oxygen atoms in total. The molecule has 2 fully saturated rings. The minimum atomic E-state index is -0.528. The van der Waals surface area contributed by atoms with Crippen molar-refractivity contribution in [2.75, 3.05) is 56.7 Å². The van der Waals surface area contributed by atoms with E-state index in [2.05, 4.69) is 21.5 Å². The number of nitrogens with zero attached hydrogens (tertiary/aromatic N) is 6. The molecule has 2 aliphatic heterocycles. The van der Waals surface area contributed by atoms with Crippen LogP contribution in [0.4, 0.5) is 16.3 Å². The Morgan fingerprint density at radius 1 is 1.11 bits per heavy atom. The Balaban J connectivity index is 1.50. The van der Waals surface area contributed by atoms with E-state index in [0.717, 1.165) is 48.3 Å². The number of hydrogen-bond donors (Lipinski definition) is 1. The maximum atomic E-state index is 12.0. The number of carbonyl (C=O) groups excluding carboxylic acids is 2. The number of aromatic nitrogens is 4. The quantitative estimate of drug-likeness (QED) is 0.542. The first kappa shape index (κ1) is 23.7. The topological polar surface area (TPSA) is 115 Å². The predicted octanol–water partition coefficient (Wildman–Crippen LogP) is 2.86. The van der Waals surface area contributed by atoms with Crippen molar-refractivity contribution in [3.05, 3.63) is 43.1 Å². The molecular formula is C25H29N7O4. The zero-order valence-electron chi connectivity index (χ0n) is 20.2. The molecule has 0 bridgehead atoms. The summed E-state index contributed by atoms with van der Waals surface area (Å²) in [6, 6.07) is 7.45. The van der Waals surface area contributed by atoms with E-state index in [1.807, 2.05) is 27.9 Å². The molecule has 5 rings (SSSR count). The molecule has 11 heteroatoms. The van der Waals surface area contributed by atoms with Crippen molar-refractivity contribution in [1.82, 2.24) is 24.6 Å². The number of likely N-dealkylation sites (tertiary alicyclic amines) is 1. The van der Waals surface area contributed by atoms with E-state index in [1.165, 1.54) is 13.2 Å². The maximum absolute atomic E-state index is 12.0. The Labute approximate surface area is 208 Å². The van der Waals surface area contributed by atoms with Crippen LogP contribution in [0.15, 0.2) is 43.1 Å². The number of nitrogens with one attached hydrogen (secondary N) is 1. The maximum Gasteiger partial charge on any atom is 0.411 e. The molecule has 0 unspecified atom stereocenters. The molecule has 4 heterocycles. The molecular weight excluding hydrogens is 462 g/mol. The van der Waals surface area contributed by atoms with Gasteiger partial charge >= 0.3 is 6.09 Å². The summed E-state index contributed by atoms with van der Waals surface area (Å²) < 4.78 is 12.2. The van der Waals surface area contributed by atoms with Crippen LogP contribution >= 0.6 is 0 Å². The summed E-state index contributed by atoms with van der Waals surface area (Å²) in [5, 5.41) is 8.28. The third kappa shape index (κ3) is 4.74. The summed E-state index contributed by atoms with van der Waals surface area (Å²) in [6.45, 7) is 7.65. The normalized spacial score (nSPS) is 16.7. The Morgan fingerprint density at radius 2 is 1.83 bits per heavy atom. The Morgan fingerprint density at radius 3 is 2.50 bits per heavy atom. The molecule has 0 spiro atoms. The second-order valence-electron chi connectivity index (χ2n) is 8.75. The minimum absolute atomic E-state index is 0.0388. The van der Waals surface area contributed by atoms with E-state index in [0.29, 0.717) is 37.8 Å². The van der Waals surface area contributed by atoms with Crippen LogP contribution in [-0.4, -0.2) is 83.2 Å². The molecule has 1 N–H and O–H groups in total. The van der Waals surface area contributed by atoms with Crippen LogP contribution in [0.1, 0.15) is 18.9 Å². The van der Waals surface area contributed by atoms with E-state index < -0.39 is 6.09 Å². The minimum Gasteiger partial charge on any atom is -0.453 e. The number of amides is 2. The average molecular weight is 492 g/mol. The van der Waals surface area contributed by atoms with Crippen molar-refractivity contribution in [3.8, 4) is 11.4 Å². The first-order valence-corrected chi connectivity index (χ1v) is 12.0. The molecule has 2 aliphatic rings. The number of carbonyl (C=O) groups is 2. The molecule has 188 valence electrons. The first-order valence-electron chi connectivity index (χ1n) is 12.0. The number of rotatable bonds is 5. The lowest BCUT2D eigenvalue weighted by Gasteiger charge is -2.31. The van der Waals surface area contributed by atoms with Gasteiger partial charge in [0.15, 0.2) is 11.5 Å². The van der Waals surface area contributed by atoms with Gasteiger partial charge in [0, 0.05) is 37.4 Å². The summed E-state index contributed by atoms with van der Waals surface area (Å²) in [7, 11) is 1.32. The SMILES string of the molecule is C=CC(=O)N1CCC(n2ncc3c(N4CCOCC4)nc(-c4ccc(NC(=O)OC)cc4)nc32)CC1. The zero-order chi connectivity index (χ0) is 25.1. The molecule has 36 heavy (non-hydrogen) atoms. The van der Waals surface area contributed by atoms with Crippen molar-refractivity contribution in [3.63, 3.8) is 0 Å². The third-order valence-electron chi connectivity index (χ3n) is 6.62. The fraction of sp³-hybridized carbons (Fsp3) is 0.400. The van der Waals surface area contributed by atoms with Gasteiger partial charge in [-0.3, -0.25) is 10.1 Å². The molecule has 2 saturated heterocycles. The summed E-state index contributed by atoms with van der Waals surface area (Å²) in [5.41, 5.74) is 2.21. The number of hydrogen-bond acceptors (Lipinski definition) is 8. The van der Waals surface area contributed by atoms with Crippen LogP contribution in [0.25, 0.3) is 22.4 Å². The van der Waals surface area contributed by atoms with Gasteiger partial charge in [-0.25, -0.2) is 19.4 Å². The van der Waals surface area contributed by atoms with Crippen molar-refractivity contribution < 1.29 is 19.1 Å².